The van der Waals surface area contributed by atoms with Crippen LogP contribution in [-0.4, -0.2) is 40.7 Å². The molecule has 6 nitrogen and oxygen atoms in total. The number of halogens is 3. The van der Waals surface area contributed by atoms with Crippen LogP contribution in [0, 0.1) is 6.92 Å². The predicted molar refractivity (Wildman–Crippen MR) is 84.8 cm³/mol. The van der Waals surface area contributed by atoms with Crippen molar-refractivity contribution in [2.24, 2.45) is 5.10 Å². The monoisotopic (exact) mass is 368 g/mol. The summed E-state index contributed by atoms with van der Waals surface area (Å²) < 4.78 is 50.7. The molecule has 1 amide bonds. The summed E-state index contributed by atoms with van der Waals surface area (Å²) in [6.07, 6.45) is -6.02. The minimum atomic E-state index is -5.12. The van der Waals surface area contributed by atoms with E-state index < -0.39 is 24.2 Å². The van der Waals surface area contributed by atoms with E-state index in [2.05, 4.69) is 5.10 Å². The molecule has 0 saturated carbocycles. The molecule has 0 radical (unpaired) electrons. The van der Waals surface area contributed by atoms with Crippen molar-refractivity contribution < 1.29 is 32.2 Å². The lowest BCUT2D eigenvalue weighted by Gasteiger charge is -2.32. The summed E-state index contributed by atoms with van der Waals surface area (Å²) in [5.74, 6) is -0.774. The van der Waals surface area contributed by atoms with E-state index in [0.29, 0.717) is 17.1 Å². The third-order valence-electron chi connectivity index (χ3n) is 3.99. The van der Waals surface area contributed by atoms with E-state index in [1.54, 1.807) is 19.1 Å². The van der Waals surface area contributed by atoms with Crippen molar-refractivity contribution >= 4 is 11.6 Å². The number of aliphatic hydroxyl groups is 1. The Labute approximate surface area is 146 Å². The molecule has 0 bridgehead atoms. The number of methoxy groups -OCH3 is 1. The number of nitrogens with zero attached hydrogens (tertiary/aromatic N) is 2. The van der Waals surface area contributed by atoms with Gasteiger partial charge in [0, 0.05) is 5.56 Å². The predicted octanol–water partition coefficient (Wildman–Crippen LogP) is 3.10. The Morgan fingerprint density at radius 3 is 2.65 bits per heavy atom. The molecule has 138 valence electrons. The number of amides is 1. The zero-order chi connectivity index (χ0) is 19.1. The molecule has 1 aromatic heterocycles. The van der Waals surface area contributed by atoms with Crippen molar-refractivity contribution in [2.75, 3.05) is 7.11 Å². The van der Waals surface area contributed by atoms with Gasteiger partial charge in [-0.25, -0.2) is 0 Å². The van der Waals surface area contributed by atoms with E-state index in [9.17, 15) is 23.1 Å². The van der Waals surface area contributed by atoms with Crippen molar-refractivity contribution in [2.45, 2.75) is 25.2 Å². The van der Waals surface area contributed by atoms with Gasteiger partial charge >= 0.3 is 12.1 Å². The number of ether oxygens (including phenoxy) is 1. The van der Waals surface area contributed by atoms with Gasteiger partial charge in [-0.3, -0.25) is 4.79 Å². The normalized spacial score (nSPS) is 20.2. The van der Waals surface area contributed by atoms with Gasteiger partial charge in [0.25, 0.3) is 5.72 Å². The average Bonchev–Trinajstić information content (AvgIpc) is 3.18. The van der Waals surface area contributed by atoms with Gasteiger partial charge in [0.15, 0.2) is 5.76 Å². The van der Waals surface area contributed by atoms with Crippen LogP contribution < -0.4 is 4.74 Å². The maximum atomic E-state index is 13.5. The molecule has 0 unspecified atom stereocenters. The zero-order valence-electron chi connectivity index (χ0n) is 13.9. The molecule has 0 aliphatic carbocycles. The molecule has 3 rings (SSSR count). The average molecular weight is 368 g/mol. The summed E-state index contributed by atoms with van der Waals surface area (Å²) in [6, 6.07) is 8.84. The van der Waals surface area contributed by atoms with Crippen LogP contribution in [0.1, 0.15) is 28.3 Å². The Kier molecular flexibility index (Phi) is 4.27. The third-order valence-corrected chi connectivity index (χ3v) is 3.99. The maximum absolute atomic E-state index is 13.5. The van der Waals surface area contributed by atoms with Gasteiger partial charge in [-0.15, -0.1) is 0 Å². The molecular weight excluding hydrogens is 353 g/mol. The lowest BCUT2D eigenvalue weighted by atomic mass is 10.0. The lowest BCUT2D eigenvalue weighted by Crippen LogP contribution is -2.56. The number of carbonyl (C=O) groups excluding carboxylic acids is 1. The van der Waals surface area contributed by atoms with Crippen LogP contribution in [0.15, 0.2) is 45.9 Å². The topological polar surface area (TPSA) is 75.3 Å². The van der Waals surface area contributed by atoms with Crippen molar-refractivity contribution in [1.82, 2.24) is 5.01 Å². The molecule has 0 fully saturated rings. The number of alkyl halides is 3. The molecule has 2 aromatic rings. The second kappa shape index (κ2) is 6.17. The Morgan fingerprint density at radius 1 is 1.35 bits per heavy atom. The summed E-state index contributed by atoms with van der Waals surface area (Å²) in [5, 5.41) is 14.1. The summed E-state index contributed by atoms with van der Waals surface area (Å²) in [6.45, 7) is 1.54. The zero-order valence-corrected chi connectivity index (χ0v) is 13.9. The van der Waals surface area contributed by atoms with E-state index in [4.69, 9.17) is 9.15 Å². The van der Waals surface area contributed by atoms with Crippen molar-refractivity contribution in [3.05, 3.63) is 53.5 Å². The van der Waals surface area contributed by atoms with Gasteiger partial charge in [-0.1, -0.05) is 12.1 Å². The Balaban J connectivity index is 2.04. The fourth-order valence-electron chi connectivity index (χ4n) is 2.60. The van der Waals surface area contributed by atoms with Crippen LogP contribution >= 0.6 is 0 Å². The lowest BCUT2D eigenvalue weighted by molar-refractivity contribution is -0.297. The molecule has 9 heteroatoms. The number of carbonyl (C=O) groups is 1. The summed E-state index contributed by atoms with van der Waals surface area (Å²) >= 11 is 0. The van der Waals surface area contributed by atoms with E-state index in [1.165, 1.54) is 31.4 Å². The molecule has 1 atom stereocenters. The first-order valence-corrected chi connectivity index (χ1v) is 7.58. The van der Waals surface area contributed by atoms with Crippen LogP contribution in [0.4, 0.5) is 13.2 Å². The molecule has 1 N–H and O–H groups in total. The molecule has 0 saturated heterocycles. The van der Waals surface area contributed by atoms with Crippen molar-refractivity contribution in [1.29, 1.82) is 0 Å². The smallest absolute Gasteiger partial charge is 0.438 e. The van der Waals surface area contributed by atoms with Gasteiger partial charge < -0.3 is 14.3 Å². The number of benzene rings is 1. The van der Waals surface area contributed by atoms with Crippen LogP contribution in [0.25, 0.3) is 0 Å². The molecule has 1 aromatic carbocycles. The first kappa shape index (κ1) is 18.0. The van der Waals surface area contributed by atoms with Crippen LogP contribution in [0.3, 0.4) is 0 Å². The van der Waals surface area contributed by atoms with E-state index in [0.717, 1.165) is 0 Å². The number of hydrazone groups is 1. The maximum Gasteiger partial charge on any atom is 0.438 e. The molecule has 26 heavy (non-hydrogen) atoms. The molecule has 2 heterocycles. The minimum Gasteiger partial charge on any atom is -0.497 e. The second-order valence-electron chi connectivity index (χ2n) is 5.80. The van der Waals surface area contributed by atoms with Crippen molar-refractivity contribution in [3.8, 4) is 5.75 Å². The summed E-state index contributed by atoms with van der Waals surface area (Å²) in [7, 11) is 1.41. The van der Waals surface area contributed by atoms with Gasteiger partial charge in [0.05, 0.1) is 19.2 Å². The van der Waals surface area contributed by atoms with Gasteiger partial charge in [-0.2, -0.15) is 23.3 Å². The van der Waals surface area contributed by atoms with E-state index >= 15 is 0 Å². The van der Waals surface area contributed by atoms with Crippen molar-refractivity contribution in [3.63, 3.8) is 0 Å². The Hall–Kier alpha value is -2.81. The van der Waals surface area contributed by atoms with Gasteiger partial charge in [0.1, 0.15) is 11.5 Å². The standard InChI is InChI=1S/C17H15F3N2O4/c1-10-6-7-14(26-10)15(23)22-16(24,17(18,19)20)9-13(21-22)11-4-3-5-12(8-11)25-2/h3-8,24H,9H2,1-2H3/t16-/m0/s1. The Morgan fingerprint density at radius 2 is 2.08 bits per heavy atom. The van der Waals surface area contributed by atoms with Crippen LogP contribution in [0.5, 0.6) is 5.75 Å². The fourth-order valence-corrected chi connectivity index (χ4v) is 2.60. The summed E-state index contributed by atoms with van der Waals surface area (Å²) in [5.41, 5.74) is -3.26. The van der Waals surface area contributed by atoms with Gasteiger partial charge in [0.2, 0.25) is 0 Å². The highest BCUT2D eigenvalue weighted by Crippen LogP contribution is 2.42. The largest absolute Gasteiger partial charge is 0.497 e. The SMILES string of the molecule is COc1cccc(C2=NN(C(=O)c3ccc(C)o3)[C@@](O)(C(F)(F)F)C2)c1. The number of hydrogen-bond donors (Lipinski definition) is 1. The van der Waals surface area contributed by atoms with Gasteiger partial charge in [-0.05, 0) is 31.2 Å². The molecular formula is C17H15F3N2O4. The number of aryl methyl sites for hydroxylation is 1. The van der Waals surface area contributed by atoms with Crippen LogP contribution in [-0.2, 0) is 0 Å². The third kappa shape index (κ3) is 2.94. The van der Waals surface area contributed by atoms with Crippen LogP contribution in [0.2, 0.25) is 0 Å². The second-order valence-corrected chi connectivity index (χ2v) is 5.80. The summed E-state index contributed by atoms with van der Waals surface area (Å²) in [4.78, 5) is 12.5. The van der Waals surface area contributed by atoms with E-state index in [1.807, 2.05) is 0 Å². The minimum absolute atomic E-state index is 0.0279. The highest BCUT2D eigenvalue weighted by molar-refractivity contribution is 6.05. The quantitative estimate of drug-likeness (QED) is 0.903. The number of hydrogen-bond acceptors (Lipinski definition) is 5. The molecule has 1 aliphatic heterocycles. The first-order chi connectivity index (χ1) is 12.2. The molecule has 0 spiro atoms. The highest BCUT2D eigenvalue weighted by atomic mass is 19.4. The number of rotatable bonds is 3. The van der Waals surface area contributed by atoms with E-state index in [-0.39, 0.29) is 16.5 Å². The fraction of sp³-hybridized carbons (Fsp3) is 0.294. The highest BCUT2D eigenvalue weighted by Gasteiger charge is 2.63. The number of furan rings is 1. The molecule has 1 aliphatic rings. The Bertz CT molecular complexity index is 875. The first-order valence-electron chi connectivity index (χ1n) is 7.58.